The van der Waals surface area contributed by atoms with E-state index in [1.165, 1.54) is 10.5 Å². The van der Waals surface area contributed by atoms with Crippen molar-refractivity contribution in [3.8, 4) is 0 Å². The van der Waals surface area contributed by atoms with Crippen LogP contribution in [0, 0.1) is 0 Å². The first-order chi connectivity index (χ1) is 9.64. The van der Waals surface area contributed by atoms with E-state index in [9.17, 15) is 8.42 Å². The lowest BCUT2D eigenvalue weighted by Gasteiger charge is -2.15. The molecule has 1 aliphatic rings. The summed E-state index contributed by atoms with van der Waals surface area (Å²) in [4.78, 5) is 4.50. The van der Waals surface area contributed by atoms with E-state index in [1.807, 2.05) is 6.92 Å². The highest BCUT2D eigenvalue weighted by Crippen LogP contribution is 2.22. The minimum Gasteiger partial charge on any atom is -0.381 e. The van der Waals surface area contributed by atoms with Crippen LogP contribution in [0.4, 0.5) is 0 Å². The Morgan fingerprint density at radius 1 is 1.35 bits per heavy atom. The van der Waals surface area contributed by atoms with Gasteiger partial charge in [0.1, 0.15) is 4.90 Å². The van der Waals surface area contributed by atoms with Gasteiger partial charge in [-0.1, -0.05) is 0 Å². The Labute approximate surface area is 124 Å². The maximum atomic E-state index is 12.3. The summed E-state index contributed by atoms with van der Waals surface area (Å²) in [6.07, 6.45) is 3.34. The summed E-state index contributed by atoms with van der Waals surface area (Å²) in [5.74, 6) is 0.819. The Hall–Kier alpha value is -0.630. The van der Waals surface area contributed by atoms with Crippen molar-refractivity contribution in [2.45, 2.75) is 29.7 Å². The predicted octanol–water partition coefficient (Wildman–Crippen LogP) is 1.99. The molecule has 2 rings (SSSR count). The fourth-order valence-corrected chi connectivity index (χ4v) is 4.20. The van der Waals surface area contributed by atoms with Gasteiger partial charge in [-0.15, -0.1) is 11.8 Å². The predicted molar refractivity (Wildman–Crippen MR) is 79.4 cm³/mol. The Morgan fingerprint density at radius 3 is 2.70 bits per heavy atom. The largest absolute Gasteiger partial charge is 0.381 e. The number of pyridine rings is 1. The zero-order valence-corrected chi connectivity index (χ0v) is 13.3. The average Bonchev–Trinajstić information content (AvgIpc) is 2.99. The Balaban J connectivity index is 1.97. The average molecular weight is 316 g/mol. The van der Waals surface area contributed by atoms with E-state index in [0.29, 0.717) is 26.3 Å². The minimum atomic E-state index is -3.35. The summed E-state index contributed by atoms with van der Waals surface area (Å²) in [7, 11) is -3.35. The molecular formula is C13H20N2O3S2. The number of rotatable bonds is 7. The van der Waals surface area contributed by atoms with Gasteiger partial charge in [-0.05, 0) is 31.9 Å². The molecule has 7 heteroatoms. The summed E-state index contributed by atoms with van der Waals surface area (Å²) in [5.41, 5.74) is 0. The molecule has 0 aliphatic carbocycles. The molecule has 0 N–H and O–H groups in total. The second-order valence-corrected chi connectivity index (χ2v) is 7.54. The number of sulfonamides is 1. The second kappa shape index (κ2) is 7.40. The van der Waals surface area contributed by atoms with Crippen molar-refractivity contribution in [2.24, 2.45) is 0 Å². The maximum Gasteiger partial charge on any atom is 0.244 e. The van der Waals surface area contributed by atoms with Crippen LogP contribution in [0.15, 0.2) is 28.3 Å². The van der Waals surface area contributed by atoms with Crippen molar-refractivity contribution >= 4 is 21.8 Å². The number of hydrogen-bond donors (Lipinski definition) is 0. The van der Waals surface area contributed by atoms with E-state index in [2.05, 4.69) is 4.98 Å². The van der Waals surface area contributed by atoms with Gasteiger partial charge in [0.15, 0.2) is 0 Å². The lowest BCUT2D eigenvalue weighted by atomic mass is 10.4. The fourth-order valence-electron chi connectivity index (χ4n) is 2.03. The van der Waals surface area contributed by atoms with Crippen LogP contribution in [0.2, 0.25) is 0 Å². The van der Waals surface area contributed by atoms with Crippen LogP contribution in [0.5, 0.6) is 0 Å². The lowest BCUT2D eigenvalue weighted by molar-refractivity contribution is 0.164. The third kappa shape index (κ3) is 3.94. The number of thioether (sulfide) groups is 1. The molecule has 5 nitrogen and oxygen atoms in total. The molecule has 112 valence electrons. The van der Waals surface area contributed by atoms with Crippen LogP contribution in [0.1, 0.15) is 19.8 Å². The van der Waals surface area contributed by atoms with Gasteiger partial charge in [-0.3, -0.25) is 0 Å². The van der Waals surface area contributed by atoms with Crippen molar-refractivity contribution in [2.75, 3.05) is 32.1 Å². The van der Waals surface area contributed by atoms with E-state index in [0.717, 1.165) is 23.6 Å². The van der Waals surface area contributed by atoms with Crippen LogP contribution in [-0.4, -0.2) is 49.8 Å². The van der Waals surface area contributed by atoms with Crippen LogP contribution in [0.25, 0.3) is 0 Å². The van der Waals surface area contributed by atoms with Gasteiger partial charge < -0.3 is 4.74 Å². The van der Waals surface area contributed by atoms with Gasteiger partial charge in [-0.2, -0.15) is 4.31 Å². The van der Waals surface area contributed by atoms with Crippen LogP contribution in [0.3, 0.4) is 0 Å². The zero-order chi connectivity index (χ0) is 14.4. The van der Waals surface area contributed by atoms with Crippen LogP contribution < -0.4 is 0 Å². The Kier molecular flexibility index (Phi) is 5.83. The summed E-state index contributed by atoms with van der Waals surface area (Å²) in [5, 5.41) is 0.824. The molecule has 0 unspecified atom stereocenters. The van der Waals surface area contributed by atoms with E-state index in [4.69, 9.17) is 4.74 Å². The molecule has 0 spiro atoms. The highest BCUT2D eigenvalue weighted by molar-refractivity contribution is 7.99. The Bertz CT molecular complexity index is 511. The minimum absolute atomic E-state index is 0.286. The van der Waals surface area contributed by atoms with Gasteiger partial charge in [0.05, 0.1) is 11.6 Å². The quantitative estimate of drug-likeness (QED) is 0.569. The highest BCUT2D eigenvalue weighted by Gasteiger charge is 2.27. The van der Waals surface area contributed by atoms with Gasteiger partial charge in [0.25, 0.3) is 0 Å². The number of ether oxygens (including phenoxy) is 1. The maximum absolute atomic E-state index is 12.3. The first-order valence-electron chi connectivity index (χ1n) is 6.81. The fraction of sp³-hybridized carbons (Fsp3) is 0.615. The zero-order valence-electron chi connectivity index (χ0n) is 11.6. The summed E-state index contributed by atoms with van der Waals surface area (Å²) >= 11 is 1.57. The molecule has 0 aromatic carbocycles. The van der Waals surface area contributed by atoms with E-state index in [1.54, 1.807) is 23.9 Å². The standard InChI is InChI=1S/C13H20N2O3S2/c1-2-18-9-10-19-13-6-5-12(11-14-13)20(16,17)15-7-3-4-8-15/h5-6,11H,2-4,7-10H2,1H3. The molecule has 1 fully saturated rings. The number of hydrogen-bond acceptors (Lipinski definition) is 5. The molecule has 1 aromatic heterocycles. The highest BCUT2D eigenvalue weighted by atomic mass is 32.2. The van der Waals surface area contributed by atoms with Crippen LogP contribution in [-0.2, 0) is 14.8 Å². The third-order valence-electron chi connectivity index (χ3n) is 3.09. The van der Waals surface area contributed by atoms with E-state index < -0.39 is 10.0 Å². The van der Waals surface area contributed by atoms with Gasteiger partial charge in [0.2, 0.25) is 10.0 Å². The van der Waals surface area contributed by atoms with Gasteiger partial charge >= 0.3 is 0 Å². The van der Waals surface area contributed by atoms with Gasteiger partial charge in [0, 0.05) is 31.6 Å². The van der Waals surface area contributed by atoms with Crippen molar-refractivity contribution in [1.29, 1.82) is 0 Å². The third-order valence-corrected chi connectivity index (χ3v) is 5.88. The van der Waals surface area contributed by atoms with Crippen molar-refractivity contribution < 1.29 is 13.2 Å². The molecular weight excluding hydrogens is 296 g/mol. The summed E-state index contributed by atoms with van der Waals surface area (Å²) < 4.78 is 31.4. The molecule has 0 amide bonds. The number of nitrogens with zero attached hydrogens (tertiary/aromatic N) is 2. The summed E-state index contributed by atoms with van der Waals surface area (Å²) in [6, 6.07) is 3.41. The van der Waals surface area contributed by atoms with Crippen molar-refractivity contribution in [1.82, 2.24) is 9.29 Å². The first kappa shape index (κ1) is 15.8. The van der Waals surface area contributed by atoms with Crippen molar-refractivity contribution in [3.63, 3.8) is 0 Å². The topological polar surface area (TPSA) is 59.5 Å². The second-order valence-electron chi connectivity index (χ2n) is 4.49. The molecule has 0 saturated carbocycles. The van der Waals surface area contributed by atoms with Crippen molar-refractivity contribution in [3.05, 3.63) is 18.3 Å². The van der Waals surface area contributed by atoms with E-state index in [-0.39, 0.29) is 4.90 Å². The SMILES string of the molecule is CCOCCSc1ccc(S(=O)(=O)N2CCCC2)cn1. The molecule has 1 aromatic rings. The monoisotopic (exact) mass is 316 g/mol. The molecule has 20 heavy (non-hydrogen) atoms. The number of aromatic nitrogens is 1. The normalized spacial score (nSPS) is 16.6. The molecule has 0 bridgehead atoms. The molecule has 0 radical (unpaired) electrons. The van der Waals surface area contributed by atoms with E-state index >= 15 is 0 Å². The van der Waals surface area contributed by atoms with Gasteiger partial charge in [-0.25, -0.2) is 13.4 Å². The molecule has 2 heterocycles. The molecule has 1 saturated heterocycles. The Morgan fingerprint density at radius 2 is 2.10 bits per heavy atom. The smallest absolute Gasteiger partial charge is 0.244 e. The molecule has 0 atom stereocenters. The summed E-state index contributed by atoms with van der Waals surface area (Å²) in [6.45, 7) is 4.58. The lowest BCUT2D eigenvalue weighted by Crippen LogP contribution is -2.27. The van der Waals surface area contributed by atoms with Crippen LogP contribution >= 0.6 is 11.8 Å². The molecule has 1 aliphatic heterocycles. The first-order valence-corrected chi connectivity index (χ1v) is 9.24.